The van der Waals surface area contributed by atoms with Crippen LogP contribution in [0.3, 0.4) is 0 Å². The van der Waals surface area contributed by atoms with Crippen molar-refractivity contribution in [3.63, 3.8) is 0 Å². The second kappa shape index (κ2) is 2.69. The van der Waals surface area contributed by atoms with Crippen LogP contribution in [0, 0.1) is 0 Å². The van der Waals surface area contributed by atoms with Crippen LogP contribution in [-0.2, 0) is 14.2 Å². The van der Waals surface area contributed by atoms with Crippen LogP contribution in [0.15, 0.2) is 0 Å². The summed E-state index contributed by atoms with van der Waals surface area (Å²) in [6, 6.07) is 0. The van der Waals surface area contributed by atoms with Crippen molar-refractivity contribution in [1.82, 2.24) is 0 Å². The summed E-state index contributed by atoms with van der Waals surface area (Å²) in [6.45, 7) is 6.66. The summed E-state index contributed by atoms with van der Waals surface area (Å²) in [7, 11) is 0. The van der Waals surface area contributed by atoms with Gasteiger partial charge in [0, 0.05) is 6.42 Å². The van der Waals surface area contributed by atoms with E-state index >= 15 is 0 Å². The third-order valence-corrected chi connectivity index (χ3v) is 2.39. The number of hydrogen-bond donors (Lipinski definition) is 0. The predicted molar refractivity (Wildman–Crippen MR) is 43.9 cm³/mol. The minimum Gasteiger partial charge on any atom is -0.376 e. The zero-order valence-electron chi connectivity index (χ0n) is 7.87. The Kier molecular flexibility index (Phi) is 1.90. The first-order valence-corrected chi connectivity index (χ1v) is 4.54. The van der Waals surface area contributed by atoms with Gasteiger partial charge in [-0.2, -0.15) is 0 Å². The quantitative estimate of drug-likeness (QED) is 0.551. The average Bonchev–Trinajstić information content (AvgIpc) is 2.21. The molecule has 0 aromatic rings. The zero-order chi connectivity index (χ0) is 8.77. The summed E-state index contributed by atoms with van der Waals surface area (Å²) in [5.41, 5.74) is 0. The molecule has 0 bridgehead atoms. The van der Waals surface area contributed by atoms with E-state index in [4.69, 9.17) is 14.2 Å². The van der Waals surface area contributed by atoms with Crippen molar-refractivity contribution in [2.75, 3.05) is 6.61 Å². The molecule has 0 aromatic carbocycles. The van der Waals surface area contributed by atoms with E-state index in [2.05, 4.69) is 6.92 Å². The summed E-state index contributed by atoms with van der Waals surface area (Å²) in [6.07, 6.45) is 1.65. The Hall–Kier alpha value is -0.120. The van der Waals surface area contributed by atoms with Crippen LogP contribution < -0.4 is 0 Å². The lowest BCUT2D eigenvalue weighted by molar-refractivity contribution is -0.146. The van der Waals surface area contributed by atoms with Crippen LogP contribution in [0.5, 0.6) is 0 Å². The number of ether oxygens (including phenoxy) is 3. The average molecular weight is 172 g/mol. The van der Waals surface area contributed by atoms with Crippen LogP contribution in [0.2, 0.25) is 0 Å². The smallest absolute Gasteiger partial charge is 0.163 e. The van der Waals surface area contributed by atoms with Crippen molar-refractivity contribution in [2.24, 2.45) is 0 Å². The van der Waals surface area contributed by atoms with Gasteiger partial charge >= 0.3 is 0 Å². The van der Waals surface area contributed by atoms with Gasteiger partial charge in [0.25, 0.3) is 0 Å². The highest BCUT2D eigenvalue weighted by Crippen LogP contribution is 2.33. The van der Waals surface area contributed by atoms with Gasteiger partial charge in [0.05, 0.1) is 18.8 Å². The molecule has 0 aliphatic carbocycles. The molecule has 70 valence electrons. The molecule has 2 fully saturated rings. The molecule has 2 aliphatic rings. The van der Waals surface area contributed by atoms with Crippen molar-refractivity contribution in [1.29, 1.82) is 0 Å². The summed E-state index contributed by atoms with van der Waals surface area (Å²) in [4.78, 5) is 0. The molecule has 0 amide bonds. The van der Waals surface area contributed by atoms with Crippen LogP contribution >= 0.6 is 0 Å². The van der Waals surface area contributed by atoms with E-state index < -0.39 is 5.79 Å². The molecule has 0 spiro atoms. The maximum atomic E-state index is 5.72. The van der Waals surface area contributed by atoms with E-state index in [0.29, 0.717) is 12.7 Å². The highest BCUT2D eigenvalue weighted by molar-refractivity contribution is 4.85. The van der Waals surface area contributed by atoms with Gasteiger partial charge in [-0.3, -0.25) is 0 Å². The fraction of sp³-hybridized carbons (Fsp3) is 1.00. The Balaban J connectivity index is 2.02. The molecular formula is C9H16O3. The Morgan fingerprint density at radius 1 is 1.17 bits per heavy atom. The molecule has 0 aromatic heterocycles. The SMILES string of the molecule is CC1CC2OC(C)(C)OC2CO1. The third-order valence-electron chi connectivity index (χ3n) is 2.39. The van der Waals surface area contributed by atoms with E-state index in [1.807, 2.05) is 13.8 Å². The van der Waals surface area contributed by atoms with E-state index in [9.17, 15) is 0 Å². The van der Waals surface area contributed by atoms with Gasteiger partial charge in [0.1, 0.15) is 6.10 Å². The number of rotatable bonds is 0. The topological polar surface area (TPSA) is 27.7 Å². The van der Waals surface area contributed by atoms with Gasteiger partial charge in [0.15, 0.2) is 5.79 Å². The highest BCUT2D eigenvalue weighted by atomic mass is 16.8. The van der Waals surface area contributed by atoms with Crippen molar-refractivity contribution in [3.05, 3.63) is 0 Å². The molecule has 2 rings (SSSR count). The molecule has 2 heterocycles. The van der Waals surface area contributed by atoms with Gasteiger partial charge in [0.2, 0.25) is 0 Å². The lowest BCUT2D eigenvalue weighted by atomic mass is 10.1. The van der Waals surface area contributed by atoms with Gasteiger partial charge in [-0.05, 0) is 20.8 Å². The Morgan fingerprint density at radius 2 is 1.83 bits per heavy atom. The first-order chi connectivity index (χ1) is 5.57. The van der Waals surface area contributed by atoms with Gasteiger partial charge in [-0.25, -0.2) is 0 Å². The van der Waals surface area contributed by atoms with Gasteiger partial charge in [-0.15, -0.1) is 0 Å². The van der Waals surface area contributed by atoms with E-state index in [1.54, 1.807) is 0 Å². The second-order valence-corrected chi connectivity index (χ2v) is 4.09. The molecule has 3 heteroatoms. The standard InChI is InChI=1S/C9H16O3/c1-6-4-7-8(5-10-6)12-9(2,3)11-7/h6-8H,4-5H2,1-3H3. The normalized spacial score (nSPS) is 45.8. The fourth-order valence-electron chi connectivity index (χ4n) is 1.90. The summed E-state index contributed by atoms with van der Waals surface area (Å²) < 4.78 is 16.9. The Morgan fingerprint density at radius 3 is 2.58 bits per heavy atom. The molecule has 2 aliphatic heterocycles. The maximum Gasteiger partial charge on any atom is 0.163 e. The van der Waals surface area contributed by atoms with E-state index in [1.165, 1.54) is 0 Å². The molecular weight excluding hydrogens is 156 g/mol. The minimum absolute atomic E-state index is 0.149. The van der Waals surface area contributed by atoms with Gasteiger partial charge < -0.3 is 14.2 Å². The molecule has 0 N–H and O–H groups in total. The zero-order valence-corrected chi connectivity index (χ0v) is 7.87. The summed E-state index contributed by atoms with van der Waals surface area (Å²) in [5.74, 6) is -0.414. The van der Waals surface area contributed by atoms with Crippen molar-refractivity contribution in [2.45, 2.75) is 51.3 Å². The fourth-order valence-corrected chi connectivity index (χ4v) is 1.90. The second-order valence-electron chi connectivity index (χ2n) is 4.09. The van der Waals surface area contributed by atoms with E-state index in [-0.39, 0.29) is 12.2 Å². The summed E-state index contributed by atoms with van der Waals surface area (Å²) in [5, 5.41) is 0. The monoisotopic (exact) mass is 172 g/mol. The van der Waals surface area contributed by atoms with Crippen LogP contribution in [0.1, 0.15) is 27.2 Å². The molecule has 12 heavy (non-hydrogen) atoms. The lowest BCUT2D eigenvalue weighted by Gasteiger charge is -2.27. The number of hydrogen-bond acceptors (Lipinski definition) is 3. The molecule has 2 saturated heterocycles. The molecule has 3 atom stereocenters. The van der Waals surface area contributed by atoms with E-state index in [0.717, 1.165) is 6.42 Å². The van der Waals surface area contributed by atoms with Crippen molar-refractivity contribution < 1.29 is 14.2 Å². The van der Waals surface area contributed by atoms with Crippen LogP contribution in [0.25, 0.3) is 0 Å². The third kappa shape index (κ3) is 1.49. The largest absolute Gasteiger partial charge is 0.376 e. The van der Waals surface area contributed by atoms with Crippen molar-refractivity contribution >= 4 is 0 Å². The van der Waals surface area contributed by atoms with Gasteiger partial charge in [-0.1, -0.05) is 0 Å². The minimum atomic E-state index is -0.414. The predicted octanol–water partition coefficient (Wildman–Crippen LogP) is 1.32. The molecule has 3 unspecified atom stereocenters. The Bertz CT molecular complexity index is 179. The van der Waals surface area contributed by atoms with Crippen molar-refractivity contribution in [3.8, 4) is 0 Å². The number of fused-ring (bicyclic) bond motifs is 1. The summed E-state index contributed by atoms with van der Waals surface area (Å²) >= 11 is 0. The Labute approximate surface area is 73.0 Å². The molecule has 0 saturated carbocycles. The molecule has 0 radical (unpaired) electrons. The molecule has 3 nitrogen and oxygen atoms in total. The van der Waals surface area contributed by atoms with Crippen LogP contribution in [-0.4, -0.2) is 30.7 Å². The lowest BCUT2D eigenvalue weighted by Crippen LogP contribution is -2.37. The first-order valence-electron chi connectivity index (χ1n) is 4.54. The maximum absolute atomic E-state index is 5.72. The van der Waals surface area contributed by atoms with Crippen LogP contribution in [0.4, 0.5) is 0 Å². The highest BCUT2D eigenvalue weighted by Gasteiger charge is 2.44. The first kappa shape index (κ1) is 8.48.